The van der Waals surface area contributed by atoms with Gasteiger partial charge in [0.05, 0.1) is 0 Å². The highest BCUT2D eigenvalue weighted by molar-refractivity contribution is 14.0. The van der Waals surface area contributed by atoms with Crippen LogP contribution >= 0.6 is 35.7 Å². The first-order chi connectivity index (χ1) is 6.86. The molecule has 5 heteroatoms. The Morgan fingerprint density at radius 3 is 2.53 bits per heavy atom. The lowest BCUT2D eigenvalue weighted by atomic mass is 10.3. The normalized spacial score (nSPS) is 15.7. The molecule has 0 amide bonds. The topological polar surface area (TPSA) is 36.4 Å². The van der Waals surface area contributed by atoms with Gasteiger partial charge in [-0.25, -0.2) is 0 Å². The van der Waals surface area contributed by atoms with Crippen LogP contribution in [-0.4, -0.2) is 38.1 Å². The molecule has 0 radical (unpaired) electrons. The molecule has 0 aliphatic heterocycles. The molecule has 0 aromatic carbocycles. The molecule has 1 rings (SSSR count). The Labute approximate surface area is 114 Å². The SMILES string of the molecule is CN=C(NCCSC)NCCC1CC1.I. The van der Waals surface area contributed by atoms with E-state index in [9.17, 15) is 0 Å². The van der Waals surface area contributed by atoms with Gasteiger partial charge in [-0.1, -0.05) is 12.8 Å². The van der Waals surface area contributed by atoms with Gasteiger partial charge in [0.15, 0.2) is 5.96 Å². The molecule has 1 aliphatic rings. The number of thioether (sulfide) groups is 1. The Hall–Kier alpha value is 0.350. The van der Waals surface area contributed by atoms with Crippen LogP contribution in [0.4, 0.5) is 0 Å². The van der Waals surface area contributed by atoms with Gasteiger partial charge in [0.2, 0.25) is 0 Å². The number of hydrogen-bond acceptors (Lipinski definition) is 2. The van der Waals surface area contributed by atoms with Gasteiger partial charge in [0, 0.05) is 25.9 Å². The molecule has 1 fully saturated rings. The third-order valence-electron chi connectivity index (χ3n) is 2.36. The van der Waals surface area contributed by atoms with Gasteiger partial charge >= 0.3 is 0 Å². The van der Waals surface area contributed by atoms with E-state index >= 15 is 0 Å². The number of guanidine groups is 1. The molecule has 1 aliphatic carbocycles. The average Bonchev–Trinajstić information content (AvgIpc) is 2.99. The average molecular weight is 343 g/mol. The van der Waals surface area contributed by atoms with Crippen LogP contribution in [0.15, 0.2) is 4.99 Å². The van der Waals surface area contributed by atoms with Crippen molar-refractivity contribution in [2.75, 3.05) is 32.1 Å². The Morgan fingerprint density at radius 1 is 1.33 bits per heavy atom. The summed E-state index contributed by atoms with van der Waals surface area (Å²) < 4.78 is 0. The highest BCUT2D eigenvalue weighted by Crippen LogP contribution is 2.31. The van der Waals surface area contributed by atoms with Gasteiger partial charge in [-0.05, 0) is 18.6 Å². The molecular weight excluding hydrogens is 321 g/mol. The lowest BCUT2D eigenvalue weighted by molar-refractivity contribution is 0.687. The van der Waals surface area contributed by atoms with Crippen molar-refractivity contribution < 1.29 is 0 Å². The van der Waals surface area contributed by atoms with Crippen molar-refractivity contribution in [2.45, 2.75) is 19.3 Å². The lowest BCUT2D eigenvalue weighted by Crippen LogP contribution is -2.38. The minimum Gasteiger partial charge on any atom is -0.356 e. The smallest absolute Gasteiger partial charge is 0.191 e. The summed E-state index contributed by atoms with van der Waals surface area (Å²) in [6.45, 7) is 2.05. The maximum Gasteiger partial charge on any atom is 0.191 e. The zero-order valence-corrected chi connectivity index (χ0v) is 12.7. The van der Waals surface area contributed by atoms with Crippen LogP contribution in [0, 0.1) is 5.92 Å². The monoisotopic (exact) mass is 343 g/mol. The fourth-order valence-electron chi connectivity index (χ4n) is 1.29. The van der Waals surface area contributed by atoms with Crippen LogP contribution < -0.4 is 10.6 Å². The quantitative estimate of drug-likeness (QED) is 0.335. The molecule has 0 saturated heterocycles. The molecule has 0 heterocycles. The summed E-state index contributed by atoms with van der Waals surface area (Å²) in [5.74, 6) is 3.06. The summed E-state index contributed by atoms with van der Waals surface area (Å²) >= 11 is 1.85. The maximum atomic E-state index is 4.16. The van der Waals surface area contributed by atoms with Gasteiger partial charge in [-0.3, -0.25) is 4.99 Å². The van der Waals surface area contributed by atoms with Crippen molar-refractivity contribution in [3.05, 3.63) is 0 Å². The summed E-state index contributed by atoms with van der Waals surface area (Å²) in [6, 6.07) is 0. The number of halogens is 1. The van der Waals surface area contributed by atoms with Crippen molar-refractivity contribution in [1.82, 2.24) is 10.6 Å². The van der Waals surface area contributed by atoms with E-state index in [0.29, 0.717) is 0 Å². The summed E-state index contributed by atoms with van der Waals surface area (Å²) in [4.78, 5) is 4.16. The van der Waals surface area contributed by atoms with Crippen molar-refractivity contribution in [1.29, 1.82) is 0 Å². The number of nitrogens with one attached hydrogen (secondary N) is 2. The molecule has 15 heavy (non-hydrogen) atoms. The fourth-order valence-corrected chi connectivity index (χ4v) is 1.60. The highest BCUT2D eigenvalue weighted by Gasteiger charge is 2.20. The Balaban J connectivity index is 0.00000196. The molecule has 0 atom stereocenters. The zero-order chi connectivity index (χ0) is 10.2. The molecule has 0 unspecified atom stereocenters. The summed E-state index contributed by atoms with van der Waals surface area (Å²) in [6.07, 6.45) is 6.27. The molecule has 3 nitrogen and oxygen atoms in total. The van der Waals surface area contributed by atoms with E-state index in [1.807, 2.05) is 18.8 Å². The Bertz CT molecular complexity index is 184. The predicted molar refractivity (Wildman–Crippen MR) is 80.5 cm³/mol. The van der Waals surface area contributed by atoms with Gasteiger partial charge in [-0.15, -0.1) is 24.0 Å². The molecule has 0 aromatic heterocycles. The van der Waals surface area contributed by atoms with Gasteiger partial charge in [-0.2, -0.15) is 11.8 Å². The number of rotatable bonds is 6. The van der Waals surface area contributed by atoms with E-state index < -0.39 is 0 Å². The minimum atomic E-state index is 0. The Kier molecular flexibility index (Phi) is 9.79. The summed E-state index contributed by atoms with van der Waals surface area (Å²) in [7, 11) is 1.82. The zero-order valence-electron chi connectivity index (χ0n) is 9.58. The van der Waals surface area contributed by atoms with Crippen LogP contribution in [0.3, 0.4) is 0 Å². The maximum absolute atomic E-state index is 4.16. The van der Waals surface area contributed by atoms with E-state index in [2.05, 4.69) is 21.9 Å². The van der Waals surface area contributed by atoms with Crippen LogP contribution in [0.2, 0.25) is 0 Å². The Morgan fingerprint density at radius 2 is 2.00 bits per heavy atom. The molecule has 0 spiro atoms. The molecule has 0 aromatic rings. The van der Waals surface area contributed by atoms with Crippen LogP contribution in [0.1, 0.15) is 19.3 Å². The third kappa shape index (κ3) is 8.19. The minimum absolute atomic E-state index is 0. The van der Waals surface area contributed by atoms with E-state index in [0.717, 1.165) is 30.7 Å². The van der Waals surface area contributed by atoms with E-state index in [1.165, 1.54) is 19.3 Å². The second-order valence-corrected chi connectivity index (χ2v) is 4.64. The second-order valence-electron chi connectivity index (χ2n) is 3.65. The number of hydrogen-bond donors (Lipinski definition) is 2. The predicted octanol–water partition coefficient (Wildman–Crippen LogP) is 1.93. The molecule has 1 saturated carbocycles. The van der Waals surface area contributed by atoms with Crippen LogP contribution in [0.25, 0.3) is 0 Å². The number of aliphatic imine (C=N–C) groups is 1. The van der Waals surface area contributed by atoms with E-state index in [1.54, 1.807) is 0 Å². The molecule has 2 N–H and O–H groups in total. The number of nitrogens with zero attached hydrogens (tertiary/aromatic N) is 1. The molecular formula is C10H22IN3S. The largest absolute Gasteiger partial charge is 0.356 e. The lowest BCUT2D eigenvalue weighted by Gasteiger charge is -2.10. The van der Waals surface area contributed by atoms with Crippen molar-refractivity contribution in [3.63, 3.8) is 0 Å². The summed E-state index contributed by atoms with van der Waals surface area (Å²) in [5.41, 5.74) is 0. The van der Waals surface area contributed by atoms with E-state index in [-0.39, 0.29) is 24.0 Å². The van der Waals surface area contributed by atoms with Crippen molar-refractivity contribution in [2.24, 2.45) is 10.9 Å². The first kappa shape index (κ1) is 15.3. The van der Waals surface area contributed by atoms with Crippen molar-refractivity contribution >= 4 is 41.7 Å². The van der Waals surface area contributed by atoms with E-state index in [4.69, 9.17) is 0 Å². The van der Waals surface area contributed by atoms with Crippen LogP contribution in [0.5, 0.6) is 0 Å². The van der Waals surface area contributed by atoms with Crippen LogP contribution in [-0.2, 0) is 0 Å². The molecule has 0 bridgehead atoms. The first-order valence-corrected chi connectivity index (χ1v) is 6.69. The third-order valence-corrected chi connectivity index (χ3v) is 2.98. The van der Waals surface area contributed by atoms with Gasteiger partial charge in [0.1, 0.15) is 0 Å². The molecule has 90 valence electrons. The highest BCUT2D eigenvalue weighted by atomic mass is 127. The summed E-state index contributed by atoms with van der Waals surface area (Å²) in [5, 5.41) is 6.61. The van der Waals surface area contributed by atoms with Gasteiger partial charge < -0.3 is 10.6 Å². The van der Waals surface area contributed by atoms with Gasteiger partial charge in [0.25, 0.3) is 0 Å². The fraction of sp³-hybridized carbons (Fsp3) is 0.900. The van der Waals surface area contributed by atoms with Crippen molar-refractivity contribution in [3.8, 4) is 0 Å². The second kappa shape index (κ2) is 9.57. The first-order valence-electron chi connectivity index (χ1n) is 5.30. The standard InChI is InChI=1S/C10H21N3S.HI/c1-11-10(13-7-8-14-2)12-6-5-9-3-4-9;/h9H,3-8H2,1-2H3,(H2,11,12,13);1H.